The van der Waals surface area contributed by atoms with Crippen LogP contribution in [0.1, 0.15) is 25.3 Å². The van der Waals surface area contributed by atoms with Crippen LogP contribution >= 0.6 is 0 Å². The van der Waals surface area contributed by atoms with Crippen molar-refractivity contribution >= 4 is 0 Å². The average Bonchev–Trinajstić information content (AvgIpc) is 2.63. The lowest BCUT2D eigenvalue weighted by atomic mass is 10.1. The molecule has 0 aliphatic carbocycles. The third-order valence-electron chi connectivity index (χ3n) is 3.31. The normalized spacial score (nSPS) is 22.1. The molecule has 0 aromatic heterocycles. The summed E-state index contributed by atoms with van der Waals surface area (Å²) in [5.74, 6) is 0.355. The summed E-state index contributed by atoms with van der Waals surface area (Å²) < 4.78 is 0. The van der Waals surface area contributed by atoms with Gasteiger partial charge in [0, 0.05) is 12.6 Å². The standard InChI is InChI=1S/C13H19NO/c1-11-3-2-9-14(11)10-8-12-4-6-13(15)7-5-12/h4-7,11,15H,2-3,8-10H2,1H3. The summed E-state index contributed by atoms with van der Waals surface area (Å²) in [6, 6.07) is 8.31. The van der Waals surface area contributed by atoms with Gasteiger partial charge in [0.2, 0.25) is 0 Å². The highest BCUT2D eigenvalue weighted by molar-refractivity contribution is 5.26. The number of nitrogens with zero attached hydrogens (tertiary/aromatic N) is 1. The van der Waals surface area contributed by atoms with Crippen LogP contribution in [0, 0.1) is 0 Å². The molecule has 0 spiro atoms. The minimum Gasteiger partial charge on any atom is -0.508 e. The Kier molecular flexibility index (Phi) is 3.27. The molecule has 1 aromatic carbocycles. The van der Waals surface area contributed by atoms with Crippen molar-refractivity contribution in [2.24, 2.45) is 0 Å². The molecule has 1 N–H and O–H groups in total. The average molecular weight is 205 g/mol. The summed E-state index contributed by atoms with van der Waals surface area (Å²) in [6.07, 6.45) is 3.77. The third kappa shape index (κ3) is 2.72. The maximum Gasteiger partial charge on any atom is 0.115 e. The number of rotatable bonds is 3. The number of aromatic hydroxyl groups is 1. The van der Waals surface area contributed by atoms with E-state index in [1.54, 1.807) is 12.1 Å². The van der Waals surface area contributed by atoms with Gasteiger partial charge in [0.05, 0.1) is 0 Å². The van der Waals surface area contributed by atoms with Crippen molar-refractivity contribution < 1.29 is 5.11 Å². The molecule has 1 aliphatic heterocycles. The summed E-state index contributed by atoms with van der Waals surface area (Å²) in [5, 5.41) is 9.17. The van der Waals surface area contributed by atoms with E-state index in [1.807, 2.05) is 12.1 Å². The van der Waals surface area contributed by atoms with Crippen molar-refractivity contribution in [2.75, 3.05) is 13.1 Å². The van der Waals surface area contributed by atoms with Crippen LogP contribution in [0.25, 0.3) is 0 Å². The Morgan fingerprint density at radius 2 is 2.07 bits per heavy atom. The zero-order chi connectivity index (χ0) is 10.7. The van der Waals surface area contributed by atoms with Gasteiger partial charge in [-0.1, -0.05) is 12.1 Å². The van der Waals surface area contributed by atoms with Gasteiger partial charge in [-0.05, 0) is 50.4 Å². The molecule has 0 radical (unpaired) electrons. The number of phenolic OH excluding ortho intramolecular Hbond substituents is 1. The predicted octanol–water partition coefficient (Wildman–Crippen LogP) is 2.42. The fourth-order valence-electron chi connectivity index (χ4n) is 2.26. The second-order valence-corrected chi connectivity index (χ2v) is 4.44. The van der Waals surface area contributed by atoms with E-state index in [2.05, 4.69) is 11.8 Å². The Morgan fingerprint density at radius 3 is 2.67 bits per heavy atom. The fraction of sp³-hybridized carbons (Fsp3) is 0.538. The maximum atomic E-state index is 9.17. The second kappa shape index (κ2) is 4.67. The summed E-state index contributed by atoms with van der Waals surface area (Å²) in [7, 11) is 0. The van der Waals surface area contributed by atoms with E-state index in [0.717, 1.165) is 19.0 Å². The highest BCUT2D eigenvalue weighted by Gasteiger charge is 2.19. The molecular weight excluding hydrogens is 186 g/mol. The first-order valence-corrected chi connectivity index (χ1v) is 5.77. The number of hydrogen-bond donors (Lipinski definition) is 1. The Bertz CT molecular complexity index is 307. The molecule has 1 heterocycles. The van der Waals surface area contributed by atoms with E-state index in [-0.39, 0.29) is 0 Å². The van der Waals surface area contributed by atoms with Gasteiger partial charge in [0.25, 0.3) is 0 Å². The number of likely N-dealkylation sites (tertiary alicyclic amines) is 1. The van der Waals surface area contributed by atoms with Crippen LogP contribution in [-0.2, 0) is 6.42 Å². The number of phenols is 1. The van der Waals surface area contributed by atoms with Gasteiger partial charge < -0.3 is 10.0 Å². The van der Waals surface area contributed by atoms with Crippen LogP contribution in [0.3, 0.4) is 0 Å². The predicted molar refractivity (Wildman–Crippen MR) is 62.1 cm³/mol. The van der Waals surface area contributed by atoms with Crippen LogP contribution in [-0.4, -0.2) is 29.1 Å². The molecule has 15 heavy (non-hydrogen) atoms. The van der Waals surface area contributed by atoms with Gasteiger partial charge in [-0.15, -0.1) is 0 Å². The lowest BCUT2D eigenvalue weighted by Crippen LogP contribution is -2.28. The highest BCUT2D eigenvalue weighted by atomic mass is 16.3. The van der Waals surface area contributed by atoms with Crippen LogP contribution in [0.5, 0.6) is 5.75 Å². The molecule has 0 amide bonds. The molecule has 1 aromatic rings. The van der Waals surface area contributed by atoms with E-state index in [0.29, 0.717) is 5.75 Å². The van der Waals surface area contributed by atoms with Crippen LogP contribution in [0.4, 0.5) is 0 Å². The van der Waals surface area contributed by atoms with Crippen molar-refractivity contribution in [1.29, 1.82) is 0 Å². The molecule has 0 bridgehead atoms. The van der Waals surface area contributed by atoms with Crippen molar-refractivity contribution in [3.63, 3.8) is 0 Å². The Hall–Kier alpha value is -1.02. The minimum atomic E-state index is 0.355. The summed E-state index contributed by atoms with van der Waals surface area (Å²) in [6.45, 7) is 4.70. The van der Waals surface area contributed by atoms with Crippen molar-refractivity contribution in [3.8, 4) is 5.75 Å². The molecule has 1 saturated heterocycles. The lowest BCUT2D eigenvalue weighted by Gasteiger charge is -2.20. The topological polar surface area (TPSA) is 23.5 Å². The zero-order valence-corrected chi connectivity index (χ0v) is 9.32. The lowest BCUT2D eigenvalue weighted by molar-refractivity contribution is 0.272. The Labute approximate surface area is 91.5 Å². The first kappa shape index (κ1) is 10.5. The first-order chi connectivity index (χ1) is 7.25. The van der Waals surface area contributed by atoms with Crippen molar-refractivity contribution in [2.45, 2.75) is 32.2 Å². The van der Waals surface area contributed by atoms with E-state index in [9.17, 15) is 0 Å². The second-order valence-electron chi connectivity index (χ2n) is 4.44. The minimum absolute atomic E-state index is 0.355. The molecule has 1 aliphatic rings. The fourth-order valence-corrected chi connectivity index (χ4v) is 2.26. The quantitative estimate of drug-likeness (QED) is 0.819. The highest BCUT2D eigenvalue weighted by Crippen LogP contribution is 2.17. The van der Waals surface area contributed by atoms with E-state index < -0.39 is 0 Å². The summed E-state index contributed by atoms with van der Waals surface area (Å²) in [5.41, 5.74) is 1.31. The molecule has 0 saturated carbocycles. The SMILES string of the molecule is CC1CCCN1CCc1ccc(O)cc1. The maximum absolute atomic E-state index is 9.17. The van der Waals surface area contributed by atoms with Gasteiger partial charge in [-0.2, -0.15) is 0 Å². The molecule has 1 fully saturated rings. The molecule has 2 heteroatoms. The van der Waals surface area contributed by atoms with Gasteiger partial charge in [-0.3, -0.25) is 0 Å². The van der Waals surface area contributed by atoms with Gasteiger partial charge in [0.15, 0.2) is 0 Å². The van der Waals surface area contributed by atoms with Crippen molar-refractivity contribution in [1.82, 2.24) is 4.90 Å². The van der Waals surface area contributed by atoms with Crippen LogP contribution in [0.2, 0.25) is 0 Å². The molecule has 1 unspecified atom stereocenters. The van der Waals surface area contributed by atoms with E-state index in [1.165, 1.54) is 24.9 Å². The molecule has 1 atom stereocenters. The smallest absolute Gasteiger partial charge is 0.115 e. The monoisotopic (exact) mass is 205 g/mol. The Morgan fingerprint density at radius 1 is 1.33 bits per heavy atom. The number of hydrogen-bond acceptors (Lipinski definition) is 2. The van der Waals surface area contributed by atoms with Gasteiger partial charge in [0.1, 0.15) is 5.75 Å². The molecule has 2 nitrogen and oxygen atoms in total. The summed E-state index contributed by atoms with van der Waals surface area (Å²) >= 11 is 0. The first-order valence-electron chi connectivity index (χ1n) is 5.77. The van der Waals surface area contributed by atoms with Crippen molar-refractivity contribution in [3.05, 3.63) is 29.8 Å². The molecule has 2 rings (SSSR count). The molecular formula is C13H19NO. The van der Waals surface area contributed by atoms with E-state index in [4.69, 9.17) is 5.11 Å². The van der Waals surface area contributed by atoms with Gasteiger partial charge in [-0.25, -0.2) is 0 Å². The van der Waals surface area contributed by atoms with Crippen LogP contribution in [0.15, 0.2) is 24.3 Å². The third-order valence-corrected chi connectivity index (χ3v) is 3.31. The van der Waals surface area contributed by atoms with E-state index >= 15 is 0 Å². The number of benzene rings is 1. The van der Waals surface area contributed by atoms with Crippen LogP contribution < -0.4 is 0 Å². The summed E-state index contributed by atoms with van der Waals surface area (Å²) in [4.78, 5) is 2.55. The Balaban J connectivity index is 1.85. The largest absolute Gasteiger partial charge is 0.508 e. The molecule has 82 valence electrons. The zero-order valence-electron chi connectivity index (χ0n) is 9.32. The van der Waals surface area contributed by atoms with Gasteiger partial charge >= 0.3 is 0 Å².